The summed E-state index contributed by atoms with van der Waals surface area (Å²) in [6.07, 6.45) is 4.30. The second-order valence-electron chi connectivity index (χ2n) is 6.89. The standard InChI is InChI=1S/C20H26F2N2O.ClH/c1-2-9-18-14-19(24(23-18)15-16-10-5-3-6-11-16)25-20(21,22)17-12-7-4-8-13-17;/h4,7-8,12-14,16H,2-3,5-6,9-11,15H2,1H3;1H. The van der Waals surface area contributed by atoms with Gasteiger partial charge in [0.05, 0.1) is 11.3 Å². The van der Waals surface area contributed by atoms with Crippen LogP contribution < -0.4 is 4.74 Å². The van der Waals surface area contributed by atoms with E-state index in [2.05, 4.69) is 12.0 Å². The van der Waals surface area contributed by atoms with Gasteiger partial charge < -0.3 is 4.74 Å². The van der Waals surface area contributed by atoms with E-state index in [1.54, 1.807) is 28.9 Å². The van der Waals surface area contributed by atoms with Crippen molar-refractivity contribution >= 4 is 12.4 Å². The number of halogens is 3. The van der Waals surface area contributed by atoms with Gasteiger partial charge in [-0.15, -0.1) is 12.4 Å². The zero-order valence-corrected chi connectivity index (χ0v) is 16.0. The van der Waals surface area contributed by atoms with Gasteiger partial charge in [-0.25, -0.2) is 4.68 Å². The van der Waals surface area contributed by atoms with Gasteiger partial charge in [0.2, 0.25) is 5.88 Å². The molecule has 26 heavy (non-hydrogen) atoms. The molecule has 0 unspecified atom stereocenters. The minimum absolute atomic E-state index is 0. The summed E-state index contributed by atoms with van der Waals surface area (Å²) in [5.41, 5.74) is 0.676. The summed E-state index contributed by atoms with van der Waals surface area (Å²) in [6.45, 7) is 2.71. The fourth-order valence-electron chi connectivity index (χ4n) is 3.48. The van der Waals surface area contributed by atoms with Crippen molar-refractivity contribution in [3.8, 4) is 5.88 Å². The Morgan fingerprint density at radius 3 is 2.50 bits per heavy atom. The average Bonchev–Trinajstić information content (AvgIpc) is 2.97. The molecule has 1 aromatic carbocycles. The Kier molecular flexibility index (Phi) is 7.44. The molecular formula is C20H27ClF2N2O. The van der Waals surface area contributed by atoms with Crippen LogP contribution in [0.2, 0.25) is 0 Å². The Labute approximate surface area is 160 Å². The van der Waals surface area contributed by atoms with Gasteiger partial charge in [-0.05, 0) is 37.3 Å². The third-order valence-corrected chi connectivity index (χ3v) is 4.80. The maximum atomic E-state index is 14.5. The molecule has 0 bridgehead atoms. The van der Waals surface area contributed by atoms with Crippen LogP contribution in [-0.2, 0) is 19.1 Å². The van der Waals surface area contributed by atoms with Crippen molar-refractivity contribution in [3.05, 3.63) is 47.7 Å². The zero-order chi connectivity index (χ0) is 17.7. The molecule has 1 fully saturated rings. The molecule has 0 saturated heterocycles. The predicted octanol–water partition coefficient (Wildman–Crippen LogP) is 5.97. The first-order chi connectivity index (χ1) is 12.1. The minimum atomic E-state index is -3.37. The van der Waals surface area contributed by atoms with E-state index in [0.29, 0.717) is 12.5 Å². The van der Waals surface area contributed by atoms with Crippen LogP contribution in [0.5, 0.6) is 5.88 Å². The second-order valence-corrected chi connectivity index (χ2v) is 6.89. The summed E-state index contributed by atoms with van der Waals surface area (Å²) >= 11 is 0. The molecule has 1 aliphatic rings. The number of aryl methyl sites for hydroxylation is 1. The lowest BCUT2D eigenvalue weighted by molar-refractivity contribution is -0.189. The van der Waals surface area contributed by atoms with Crippen LogP contribution in [-0.4, -0.2) is 9.78 Å². The van der Waals surface area contributed by atoms with Gasteiger partial charge in [-0.2, -0.15) is 13.9 Å². The van der Waals surface area contributed by atoms with Gasteiger partial charge in [-0.1, -0.05) is 50.8 Å². The quantitative estimate of drug-likeness (QED) is 0.588. The first kappa shape index (κ1) is 20.7. The van der Waals surface area contributed by atoms with Crippen LogP contribution in [0, 0.1) is 5.92 Å². The van der Waals surface area contributed by atoms with Gasteiger partial charge in [0.25, 0.3) is 0 Å². The summed E-state index contributed by atoms with van der Waals surface area (Å²) < 4.78 is 35.9. The molecule has 0 spiro atoms. The van der Waals surface area contributed by atoms with Crippen LogP contribution in [0.25, 0.3) is 0 Å². The van der Waals surface area contributed by atoms with Gasteiger partial charge in [-0.3, -0.25) is 0 Å². The van der Waals surface area contributed by atoms with Gasteiger partial charge in [0, 0.05) is 12.6 Å². The molecule has 0 radical (unpaired) electrons. The number of nitrogens with zero attached hydrogens (tertiary/aromatic N) is 2. The minimum Gasteiger partial charge on any atom is -0.411 e. The van der Waals surface area contributed by atoms with Crippen molar-refractivity contribution in [2.75, 3.05) is 0 Å². The fraction of sp³-hybridized carbons (Fsp3) is 0.550. The number of hydrogen-bond acceptors (Lipinski definition) is 2. The Bertz CT molecular complexity index is 670. The Balaban J connectivity index is 0.00000243. The Morgan fingerprint density at radius 1 is 1.15 bits per heavy atom. The number of ether oxygens (including phenoxy) is 1. The fourth-order valence-corrected chi connectivity index (χ4v) is 3.48. The van der Waals surface area contributed by atoms with Crippen molar-refractivity contribution in [2.45, 2.75) is 64.5 Å². The van der Waals surface area contributed by atoms with E-state index in [9.17, 15) is 8.78 Å². The average molecular weight is 385 g/mol. The summed E-state index contributed by atoms with van der Waals surface area (Å²) in [7, 11) is 0. The summed E-state index contributed by atoms with van der Waals surface area (Å²) in [6, 6.07) is 9.34. The van der Waals surface area contributed by atoms with Crippen molar-refractivity contribution in [2.24, 2.45) is 5.92 Å². The SMILES string of the molecule is CCCc1cc(OC(F)(F)c2ccccc2)n(CC2CCCCC2)n1.Cl. The smallest absolute Gasteiger partial charge is 0.411 e. The molecule has 3 rings (SSSR count). The highest BCUT2D eigenvalue weighted by Crippen LogP contribution is 2.33. The number of rotatable bonds is 7. The first-order valence-corrected chi connectivity index (χ1v) is 9.27. The molecule has 144 valence electrons. The number of benzene rings is 1. The maximum absolute atomic E-state index is 14.5. The van der Waals surface area contributed by atoms with E-state index in [1.807, 2.05) is 0 Å². The molecule has 1 aromatic heterocycles. The van der Waals surface area contributed by atoms with E-state index in [-0.39, 0.29) is 23.9 Å². The van der Waals surface area contributed by atoms with E-state index >= 15 is 0 Å². The van der Waals surface area contributed by atoms with E-state index in [4.69, 9.17) is 4.74 Å². The van der Waals surface area contributed by atoms with Crippen molar-refractivity contribution in [3.63, 3.8) is 0 Å². The molecule has 6 heteroatoms. The largest absolute Gasteiger partial charge is 0.427 e. The van der Waals surface area contributed by atoms with Crippen molar-refractivity contribution < 1.29 is 13.5 Å². The van der Waals surface area contributed by atoms with Crippen LogP contribution in [0.3, 0.4) is 0 Å². The van der Waals surface area contributed by atoms with Crippen LogP contribution in [0.15, 0.2) is 36.4 Å². The topological polar surface area (TPSA) is 27.1 Å². The third kappa shape index (κ3) is 5.19. The normalized spacial score (nSPS) is 15.5. The molecule has 3 nitrogen and oxygen atoms in total. The summed E-state index contributed by atoms with van der Waals surface area (Å²) in [5, 5.41) is 4.53. The molecular weight excluding hydrogens is 358 g/mol. The van der Waals surface area contributed by atoms with Crippen LogP contribution in [0.1, 0.15) is 56.7 Å². The molecule has 0 aliphatic heterocycles. The van der Waals surface area contributed by atoms with E-state index in [0.717, 1.165) is 31.4 Å². The van der Waals surface area contributed by atoms with Gasteiger partial charge >= 0.3 is 6.11 Å². The highest BCUT2D eigenvalue weighted by Gasteiger charge is 2.36. The highest BCUT2D eigenvalue weighted by atomic mass is 35.5. The highest BCUT2D eigenvalue weighted by molar-refractivity contribution is 5.85. The molecule has 1 heterocycles. The molecule has 0 atom stereocenters. The molecule has 1 saturated carbocycles. The lowest BCUT2D eigenvalue weighted by atomic mass is 9.89. The molecule has 0 amide bonds. The number of alkyl halides is 2. The van der Waals surface area contributed by atoms with Gasteiger partial charge in [0.1, 0.15) is 0 Å². The number of aromatic nitrogens is 2. The lowest BCUT2D eigenvalue weighted by Crippen LogP contribution is -2.24. The Morgan fingerprint density at radius 2 is 1.85 bits per heavy atom. The summed E-state index contributed by atoms with van der Waals surface area (Å²) in [5.74, 6) is 0.665. The van der Waals surface area contributed by atoms with Gasteiger partial charge in [0.15, 0.2) is 0 Å². The van der Waals surface area contributed by atoms with Crippen LogP contribution in [0.4, 0.5) is 8.78 Å². The van der Waals surface area contributed by atoms with E-state index in [1.165, 1.54) is 31.4 Å². The number of hydrogen-bond donors (Lipinski definition) is 0. The van der Waals surface area contributed by atoms with Crippen molar-refractivity contribution in [1.82, 2.24) is 9.78 Å². The Hall–Kier alpha value is -1.62. The van der Waals surface area contributed by atoms with Crippen LogP contribution >= 0.6 is 12.4 Å². The maximum Gasteiger partial charge on any atom is 0.427 e. The molecule has 0 N–H and O–H groups in total. The lowest BCUT2D eigenvalue weighted by Gasteiger charge is -2.23. The zero-order valence-electron chi connectivity index (χ0n) is 15.2. The molecule has 2 aromatic rings. The predicted molar refractivity (Wildman–Crippen MR) is 101 cm³/mol. The van der Waals surface area contributed by atoms with Crippen molar-refractivity contribution in [1.29, 1.82) is 0 Å². The monoisotopic (exact) mass is 384 g/mol. The molecule has 1 aliphatic carbocycles. The van der Waals surface area contributed by atoms with E-state index < -0.39 is 6.11 Å². The first-order valence-electron chi connectivity index (χ1n) is 9.27. The third-order valence-electron chi connectivity index (χ3n) is 4.80. The summed E-state index contributed by atoms with van der Waals surface area (Å²) in [4.78, 5) is 0. The second kappa shape index (κ2) is 9.36.